The Morgan fingerprint density at radius 3 is 2.79 bits per heavy atom. The molecular weight excluding hydrogens is 356 g/mol. The Morgan fingerprint density at radius 1 is 1.14 bits per heavy atom. The van der Waals surface area contributed by atoms with Gasteiger partial charge in [0.25, 0.3) is 0 Å². The lowest BCUT2D eigenvalue weighted by Gasteiger charge is -2.29. The number of hydrogen-bond donors (Lipinski definition) is 1. The molecule has 7 heteroatoms. The van der Waals surface area contributed by atoms with Crippen molar-refractivity contribution in [1.82, 2.24) is 5.06 Å². The zero-order chi connectivity index (χ0) is 19.6. The molecule has 0 bridgehead atoms. The Kier molecular flexibility index (Phi) is 4.90. The summed E-state index contributed by atoms with van der Waals surface area (Å²) in [6, 6.07) is 15.6. The highest BCUT2D eigenvalue weighted by atomic mass is 16.7. The first-order valence-corrected chi connectivity index (χ1v) is 9.25. The van der Waals surface area contributed by atoms with Crippen LogP contribution >= 0.6 is 0 Å². The Balaban J connectivity index is 1.84. The van der Waals surface area contributed by atoms with E-state index >= 15 is 0 Å². The van der Waals surface area contributed by atoms with E-state index in [1.165, 1.54) is 5.06 Å². The van der Waals surface area contributed by atoms with Gasteiger partial charge in [-0.25, -0.2) is 14.9 Å². The minimum Gasteiger partial charge on any atom is -0.491 e. The number of nitrogens with two attached hydrogens (primary N) is 1. The molecule has 1 atom stereocenters. The van der Waals surface area contributed by atoms with Gasteiger partial charge >= 0.3 is 0 Å². The fourth-order valence-electron chi connectivity index (χ4n) is 3.53. The van der Waals surface area contributed by atoms with Crippen LogP contribution in [-0.2, 0) is 15.3 Å². The number of rotatable bonds is 1. The molecule has 7 nitrogen and oxygen atoms in total. The summed E-state index contributed by atoms with van der Waals surface area (Å²) in [6.45, 7) is 1.58. The Morgan fingerprint density at radius 2 is 2.00 bits per heavy atom. The van der Waals surface area contributed by atoms with Crippen LogP contribution in [0.15, 0.2) is 47.5 Å². The number of nitrogens with zero attached hydrogens (tertiary/aromatic N) is 3. The fourth-order valence-corrected chi connectivity index (χ4v) is 3.53. The Labute approximate surface area is 163 Å². The van der Waals surface area contributed by atoms with Crippen molar-refractivity contribution in [3.05, 3.63) is 53.6 Å². The van der Waals surface area contributed by atoms with Crippen molar-refractivity contribution in [3.8, 4) is 22.9 Å². The molecule has 0 aromatic heterocycles. The van der Waals surface area contributed by atoms with Gasteiger partial charge < -0.3 is 15.2 Å². The zero-order valence-electron chi connectivity index (χ0n) is 15.7. The topological polar surface area (TPSA) is 93.1 Å². The number of benzene rings is 2. The van der Waals surface area contributed by atoms with Crippen molar-refractivity contribution < 1.29 is 14.3 Å². The summed E-state index contributed by atoms with van der Waals surface area (Å²) in [6.07, 6.45) is 1.38. The maximum Gasteiger partial charge on any atom is 0.218 e. The predicted molar refractivity (Wildman–Crippen MR) is 104 cm³/mol. The predicted octanol–water partition coefficient (Wildman–Crippen LogP) is 2.76. The molecule has 2 aliphatic heterocycles. The second-order valence-corrected chi connectivity index (χ2v) is 6.81. The average molecular weight is 378 g/mol. The maximum atomic E-state index is 9.21. The van der Waals surface area contributed by atoms with Gasteiger partial charge in [0, 0.05) is 20.1 Å². The van der Waals surface area contributed by atoms with Gasteiger partial charge in [0.2, 0.25) is 11.7 Å². The number of aliphatic imine (C=N–C) groups is 1. The van der Waals surface area contributed by atoms with Crippen molar-refractivity contribution in [3.63, 3.8) is 0 Å². The first kappa shape index (κ1) is 18.3. The van der Waals surface area contributed by atoms with Gasteiger partial charge in [-0.15, -0.1) is 0 Å². The summed E-state index contributed by atoms with van der Waals surface area (Å²) >= 11 is 0. The molecule has 0 fully saturated rings. The molecule has 0 aliphatic carbocycles. The third-order valence-electron chi connectivity index (χ3n) is 4.92. The van der Waals surface area contributed by atoms with Crippen molar-refractivity contribution >= 4 is 5.96 Å². The Hall–Kier alpha value is -3.08. The number of ether oxygens (including phenoxy) is 2. The van der Waals surface area contributed by atoms with Crippen LogP contribution in [0.3, 0.4) is 0 Å². The van der Waals surface area contributed by atoms with Crippen LogP contribution in [0, 0.1) is 11.3 Å². The van der Waals surface area contributed by atoms with Crippen LogP contribution < -0.4 is 10.5 Å². The van der Waals surface area contributed by atoms with Crippen molar-refractivity contribution in [2.24, 2.45) is 10.7 Å². The van der Waals surface area contributed by atoms with E-state index in [0.29, 0.717) is 43.5 Å². The summed E-state index contributed by atoms with van der Waals surface area (Å²) in [5.74, 6) is 1.01. The molecule has 0 saturated heterocycles. The number of hydrogen-bond acceptors (Lipinski definition) is 7. The third kappa shape index (κ3) is 3.40. The molecule has 0 radical (unpaired) electrons. The van der Waals surface area contributed by atoms with Crippen molar-refractivity contribution in [1.29, 1.82) is 5.26 Å². The molecule has 0 unspecified atom stereocenters. The molecular formula is C21H22N4O3. The summed E-state index contributed by atoms with van der Waals surface area (Å²) in [7, 11) is 1.74. The normalized spacial score (nSPS) is 22.1. The largest absolute Gasteiger partial charge is 0.491 e. The lowest BCUT2D eigenvalue weighted by Crippen LogP contribution is -2.32. The lowest BCUT2D eigenvalue weighted by molar-refractivity contribution is -0.178. The van der Waals surface area contributed by atoms with Crippen LogP contribution in [0.1, 0.15) is 24.0 Å². The van der Waals surface area contributed by atoms with Crippen molar-refractivity contribution in [2.75, 3.05) is 26.9 Å². The molecule has 1 spiro atoms. The van der Waals surface area contributed by atoms with Crippen LogP contribution in [-0.4, -0.2) is 37.9 Å². The van der Waals surface area contributed by atoms with E-state index in [1.807, 2.05) is 36.4 Å². The van der Waals surface area contributed by atoms with Crippen molar-refractivity contribution in [2.45, 2.75) is 18.6 Å². The van der Waals surface area contributed by atoms with Crippen LogP contribution in [0.2, 0.25) is 0 Å². The second kappa shape index (κ2) is 7.50. The molecule has 2 heterocycles. The molecule has 2 aromatic carbocycles. The molecule has 2 N–H and O–H groups in total. The van der Waals surface area contributed by atoms with Crippen LogP contribution in [0.5, 0.6) is 5.75 Å². The highest BCUT2D eigenvalue weighted by Gasteiger charge is 2.43. The monoisotopic (exact) mass is 378 g/mol. The van der Waals surface area contributed by atoms with Crippen LogP contribution in [0.25, 0.3) is 11.1 Å². The van der Waals surface area contributed by atoms with E-state index in [9.17, 15) is 5.26 Å². The van der Waals surface area contributed by atoms with E-state index in [0.717, 1.165) is 23.1 Å². The van der Waals surface area contributed by atoms with Gasteiger partial charge in [-0.1, -0.05) is 18.2 Å². The summed E-state index contributed by atoms with van der Waals surface area (Å²) < 4.78 is 11.6. The highest BCUT2D eigenvalue weighted by Crippen LogP contribution is 2.43. The van der Waals surface area contributed by atoms with Gasteiger partial charge in [0.05, 0.1) is 23.8 Å². The summed E-state index contributed by atoms with van der Waals surface area (Å²) in [4.78, 5) is 10.8. The molecule has 4 rings (SSSR count). The van der Waals surface area contributed by atoms with Gasteiger partial charge in [0.15, 0.2) is 0 Å². The minimum absolute atomic E-state index is 0.320. The average Bonchev–Trinajstić information content (AvgIpc) is 3.01. The van der Waals surface area contributed by atoms with Gasteiger partial charge in [-0.05, 0) is 41.8 Å². The number of nitriles is 1. The molecule has 144 valence electrons. The smallest absolute Gasteiger partial charge is 0.218 e. The minimum atomic E-state index is -0.961. The van der Waals surface area contributed by atoms with E-state index in [1.54, 1.807) is 13.1 Å². The highest BCUT2D eigenvalue weighted by molar-refractivity contribution is 5.79. The number of guanidine groups is 1. The van der Waals surface area contributed by atoms with Gasteiger partial charge in [-0.3, -0.25) is 0 Å². The summed E-state index contributed by atoms with van der Waals surface area (Å²) in [5, 5.41) is 10.7. The summed E-state index contributed by atoms with van der Waals surface area (Å²) in [5.41, 5.74) is 8.40. The third-order valence-corrected chi connectivity index (χ3v) is 4.92. The van der Waals surface area contributed by atoms with E-state index in [4.69, 9.17) is 20.0 Å². The fraction of sp³-hybridized carbons (Fsp3) is 0.333. The van der Waals surface area contributed by atoms with Crippen LogP contribution in [0.4, 0.5) is 0 Å². The van der Waals surface area contributed by atoms with E-state index in [-0.39, 0.29) is 0 Å². The van der Waals surface area contributed by atoms with E-state index in [2.05, 4.69) is 11.1 Å². The maximum absolute atomic E-state index is 9.21. The molecule has 0 amide bonds. The second-order valence-electron chi connectivity index (χ2n) is 6.81. The quantitative estimate of drug-likeness (QED) is 0.820. The molecule has 2 aromatic rings. The molecule has 2 aliphatic rings. The zero-order valence-corrected chi connectivity index (χ0v) is 15.7. The lowest BCUT2D eigenvalue weighted by atomic mass is 9.93. The first-order chi connectivity index (χ1) is 13.6. The van der Waals surface area contributed by atoms with Gasteiger partial charge in [-0.2, -0.15) is 5.26 Å². The Bertz CT molecular complexity index is 953. The standard InChI is InChI=1S/C21H22N4O3/c1-25-20(23)24-21(28-25)8-3-9-26-10-11-27-19-7-6-17(13-18(19)21)16-5-2-4-15(12-16)14-22/h2,4-7,12-13H,3,8-11H2,1H3,(H2,23,24)/t21-/m1/s1. The number of hydroxylamine groups is 2. The molecule has 28 heavy (non-hydrogen) atoms. The number of fused-ring (bicyclic) bond motifs is 2. The SMILES string of the molecule is CN1O[C@@]2(CCCOCCOc3ccc(-c4cccc(C#N)c4)cc32)N=C1N. The molecule has 0 saturated carbocycles. The van der Waals surface area contributed by atoms with E-state index < -0.39 is 5.72 Å². The van der Waals surface area contributed by atoms with Gasteiger partial charge in [0.1, 0.15) is 12.4 Å². The first-order valence-electron chi connectivity index (χ1n) is 9.25.